The minimum Gasteiger partial charge on any atom is -0.489 e. The van der Waals surface area contributed by atoms with E-state index in [1.54, 1.807) is 0 Å². The Labute approximate surface area is 111 Å². The van der Waals surface area contributed by atoms with Crippen LogP contribution in [0, 0.1) is 0 Å². The average molecular weight is 267 g/mol. The smallest absolute Gasteiger partial charge is 0.127 e. The molecule has 0 saturated carbocycles. The average Bonchev–Trinajstić information content (AvgIpc) is 2.38. The Balaban J connectivity index is 2.35. The third kappa shape index (κ3) is 2.74. The van der Waals surface area contributed by atoms with E-state index in [1.165, 1.54) is 0 Å². The van der Waals surface area contributed by atoms with Crippen molar-refractivity contribution in [3.63, 3.8) is 0 Å². The maximum absolute atomic E-state index is 6.12. The third-order valence-corrected chi connectivity index (χ3v) is 3.16. The van der Waals surface area contributed by atoms with Crippen molar-refractivity contribution in [2.45, 2.75) is 0 Å². The summed E-state index contributed by atoms with van der Waals surface area (Å²) < 4.78 is 5.68. The molecule has 1 nitrogen and oxygen atoms in total. The first-order valence-electron chi connectivity index (χ1n) is 5.25. The number of fused-ring (bicyclic) bond motifs is 1. The van der Waals surface area contributed by atoms with E-state index in [0.29, 0.717) is 12.5 Å². The van der Waals surface area contributed by atoms with Crippen molar-refractivity contribution in [3.8, 4) is 5.75 Å². The summed E-state index contributed by atoms with van der Waals surface area (Å²) in [4.78, 5) is 0. The molecular weight excluding hydrogens is 255 g/mol. The zero-order valence-electron chi connectivity index (χ0n) is 9.25. The fourth-order valence-corrected chi connectivity index (χ4v) is 1.88. The summed E-state index contributed by atoms with van der Waals surface area (Å²) in [5.74, 6) is 1.21. The van der Waals surface area contributed by atoms with Gasteiger partial charge in [-0.1, -0.05) is 42.4 Å². The van der Waals surface area contributed by atoms with Crippen molar-refractivity contribution in [3.05, 3.63) is 53.6 Å². The lowest BCUT2D eigenvalue weighted by Gasteiger charge is -2.10. The summed E-state index contributed by atoms with van der Waals surface area (Å²) in [5.41, 5.74) is 0.852. The molecule has 0 heterocycles. The van der Waals surface area contributed by atoms with Gasteiger partial charge in [-0.15, -0.1) is 11.6 Å². The van der Waals surface area contributed by atoms with Crippen LogP contribution >= 0.6 is 23.2 Å². The second kappa shape index (κ2) is 5.44. The lowest BCUT2D eigenvalue weighted by Crippen LogP contribution is -2.01. The van der Waals surface area contributed by atoms with Gasteiger partial charge in [-0.05, 0) is 17.7 Å². The predicted octanol–water partition coefficient (Wildman–Crippen LogP) is 4.67. The van der Waals surface area contributed by atoms with E-state index < -0.39 is 0 Å². The Kier molecular flexibility index (Phi) is 3.93. The zero-order valence-corrected chi connectivity index (χ0v) is 10.8. The van der Waals surface area contributed by atoms with Gasteiger partial charge in [0.15, 0.2) is 0 Å². The highest BCUT2D eigenvalue weighted by Crippen LogP contribution is 2.31. The molecule has 0 unspecified atom stereocenters. The van der Waals surface area contributed by atoms with Gasteiger partial charge < -0.3 is 4.74 Å². The molecule has 3 heteroatoms. The van der Waals surface area contributed by atoms with Crippen LogP contribution in [0.5, 0.6) is 5.75 Å². The quantitative estimate of drug-likeness (QED) is 0.578. The van der Waals surface area contributed by atoms with Gasteiger partial charge in [0.05, 0.1) is 0 Å². The lowest BCUT2D eigenvalue weighted by atomic mass is 10.1. The van der Waals surface area contributed by atoms with E-state index in [2.05, 4.69) is 6.58 Å². The van der Waals surface area contributed by atoms with Crippen LogP contribution in [0.4, 0.5) is 0 Å². The maximum Gasteiger partial charge on any atom is 0.127 e. The number of ether oxygens (including phenoxy) is 1. The van der Waals surface area contributed by atoms with Crippen molar-refractivity contribution in [1.29, 1.82) is 0 Å². The van der Waals surface area contributed by atoms with E-state index in [-0.39, 0.29) is 0 Å². The summed E-state index contributed by atoms with van der Waals surface area (Å²) in [5, 5.41) is 2.72. The highest BCUT2D eigenvalue weighted by Gasteiger charge is 2.05. The maximum atomic E-state index is 6.12. The molecule has 88 valence electrons. The second-order valence-electron chi connectivity index (χ2n) is 3.76. The largest absolute Gasteiger partial charge is 0.489 e. The number of hydrogen-bond acceptors (Lipinski definition) is 1. The van der Waals surface area contributed by atoms with Crippen molar-refractivity contribution in [1.82, 2.24) is 0 Å². The van der Waals surface area contributed by atoms with Crippen molar-refractivity contribution in [2.75, 3.05) is 12.5 Å². The number of halogens is 2. The number of alkyl halides is 1. The van der Waals surface area contributed by atoms with Gasteiger partial charge in [-0.25, -0.2) is 0 Å². The molecule has 0 bridgehead atoms. The lowest BCUT2D eigenvalue weighted by molar-refractivity contribution is 0.357. The van der Waals surface area contributed by atoms with Gasteiger partial charge in [0.1, 0.15) is 12.4 Å². The molecule has 0 radical (unpaired) electrons. The van der Waals surface area contributed by atoms with Crippen LogP contribution in [-0.2, 0) is 0 Å². The standard InChI is InChI=1S/C14H12Cl2O/c1-10(8-15)9-17-14-7-6-13(16)11-4-2-3-5-12(11)14/h2-7H,1,8-9H2. The second-order valence-corrected chi connectivity index (χ2v) is 4.44. The highest BCUT2D eigenvalue weighted by atomic mass is 35.5. The molecule has 2 rings (SSSR count). The minimum atomic E-state index is 0.408. The van der Waals surface area contributed by atoms with Crippen LogP contribution in [0.15, 0.2) is 48.6 Å². The minimum absolute atomic E-state index is 0.408. The van der Waals surface area contributed by atoms with E-state index in [9.17, 15) is 0 Å². The Bertz CT molecular complexity index is 549. The summed E-state index contributed by atoms with van der Waals surface area (Å²) in [6.45, 7) is 4.23. The molecule has 0 atom stereocenters. The van der Waals surface area contributed by atoms with E-state index in [1.807, 2.05) is 36.4 Å². The zero-order chi connectivity index (χ0) is 12.3. The molecule has 0 N–H and O–H groups in total. The van der Waals surface area contributed by atoms with Crippen LogP contribution in [0.25, 0.3) is 10.8 Å². The SMILES string of the molecule is C=C(CCl)COc1ccc(Cl)c2ccccc12. The molecule has 2 aromatic carbocycles. The summed E-state index contributed by atoms with van der Waals surface area (Å²) in [6.07, 6.45) is 0. The molecule has 17 heavy (non-hydrogen) atoms. The number of rotatable bonds is 4. The highest BCUT2D eigenvalue weighted by molar-refractivity contribution is 6.35. The summed E-state index contributed by atoms with van der Waals surface area (Å²) in [7, 11) is 0. The van der Waals surface area contributed by atoms with Gasteiger partial charge in [0.25, 0.3) is 0 Å². The number of benzene rings is 2. The monoisotopic (exact) mass is 266 g/mol. The fraction of sp³-hybridized carbons (Fsp3) is 0.143. The van der Waals surface area contributed by atoms with Crippen molar-refractivity contribution < 1.29 is 4.74 Å². The van der Waals surface area contributed by atoms with Gasteiger partial charge in [0.2, 0.25) is 0 Å². The molecule has 0 spiro atoms. The topological polar surface area (TPSA) is 9.23 Å². The Hall–Kier alpha value is -1.18. The molecule has 2 aromatic rings. The molecular formula is C14H12Cl2O. The van der Waals surface area contributed by atoms with E-state index >= 15 is 0 Å². The molecule has 0 aromatic heterocycles. The number of hydrogen-bond donors (Lipinski definition) is 0. The third-order valence-electron chi connectivity index (χ3n) is 2.45. The van der Waals surface area contributed by atoms with Crippen molar-refractivity contribution in [2.24, 2.45) is 0 Å². The van der Waals surface area contributed by atoms with Crippen molar-refractivity contribution >= 4 is 34.0 Å². The van der Waals surface area contributed by atoms with Crippen LogP contribution in [0.3, 0.4) is 0 Å². The van der Waals surface area contributed by atoms with Crippen LogP contribution in [0.2, 0.25) is 5.02 Å². The molecule has 0 aliphatic rings. The molecule has 0 amide bonds. The fourth-order valence-electron chi connectivity index (χ4n) is 1.58. The van der Waals surface area contributed by atoms with Gasteiger partial charge in [-0.2, -0.15) is 0 Å². The first-order valence-corrected chi connectivity index (χ1v) is 6.16. The van der Waals surface area contributed by atoms with Gasteiger partial charge >= 0.3 is 0 Å². The summed E-state index contributed by atoms with van der Waals surface area (Å²) in [6, 6.07) is 11.6. The van der Waals surface area contributed by atoms with Crippen LogP contribution in [-0.4, -0.2) is 12.5 Å². The normalized spacial score (nSPS) is 10.5. The predicted molar refractivity (Wildman–Crippen MR) is 74.3 cm³/mol. The van der Waals surface area contributed by atoms with Crippen LogP contribution in [0.1, 0.15) is 0 Å². The first-order chi connectivity index (χ1) is 8.22. The molecule has 0 aliphatic carbocycles. The first kappa shape index (κ1) is 12.3. The van der Waals surface area contributed by atoms with Gasteiger partial charge in [0, 0.05) is 21.7 Å². The molecule has 0 aliphatic heterocycles. The Morgan fingerprint density at radius 2 is 1.82 bits per heavy atom. The molecule has 0 saturated heterocycles. The van der Waals surface area contributed by atoms with Gasteiger partial charge in [-0.3, -0.25) is 0 Å². The van der Waals surface area contributed by atoms with Crippen LogP contribution < -0.4 is 4.74 Å². The molecule has 0 fully saturated rings. The van der Waals surface area contributed by atoms with E-state index in [0.717, 1.165) is 27.1 Å². The summed E-state index contributed by atoms with van der Waals surface area (Å²) >= 11 is 11.8. The van der Waals surface area contributed by atoms with E-state index in [4.69, 9.17) is 27.9 Å². The Morgan fingerprint density at radius 3 is 2.53 bits per heavy atom. The Morgan fingerprint density at radius 1 is 1.12 bits per heavy atom.